The fourth-order valence-corrected chi connectivity index (χ4v) is 1.73. The normalized spacial score (nSPS) is 14.5. The maximum atomic E-state index is 9.87. The predicted octanol–water partition coefficient (Wildman–Crippen LogP) is 1.80. The second-order valence-electron chi connectivity index (χ2n) is 3.53. The van der Waals surface area contributed by atoms with Gasteiger partial charge in [0.1, 0.15) is 11.9 Å². The van der Waals surface area contributed by atoms with E-state index in [1.54, 1.807) is 18.2 Å². The van der Waals surface area contributed by atoms with Crippen LogP contribution in [0.4, 0.5) is 0 Å². The Hall–Kier alpha value is -0.710. The van der Waals surface area contributed by atoms with Crippen molar-refractivity contribution >= 4 is 12.6 Å². The summed E-state index contributed by atoms with van der Waals surface area (Å²) in [5.41, 5.74) is 0.667. The molecular formula is C12H18O3S. The van der Waals surface area contributed by atoms with Gasteiger partial charge in [-0.05, 0) is 36.8 Å². The van der Waals surface area contributed by atoms with E-state index in [0.717, 1.165) is 0 Å². The van der Waals surface area contributed by atoms with E-state index < -0.39 is 12.2 Å². The molecule has 0 aromatic heterocycles. The standard InChI is InChI=1S/C12H18O3S/c1-2-15-10-5-3-4-9(8-10)12(14)11(13)6-7-16/h3-5,8,11-14,16H,2,6-7H2,1H3. The summed E-state index contributed by atoms with van der Waals surface area (Å²) in [6.07, 6.45) is -1.20. The van der Waals surface area contributed by atoms with Crippen molar-refractivity contribution in [2.24, 2.45) is 0 Å². The molecule has 0 heterocycles. The molecule has 1 rings (SSSR count). The van der Waals surface area contributed by atoms with Crippen LogP contribution in [0.25, 0.3) is 0 Å². The Labute approximate surface area is 101 Å². The van der Waals surface area contributed by atoms with Crippen molar-refractivity contribution in [2.45, 2.75) is 25.6 Å². The van der Waals surface area contributed by atoms with Gasteiger partial charge >= 0.3 is 0 Å². The van der Waals surface area contributed by atoms with Crippen LogP contribution in [-0.4, -0.2) is 28.7 Å². The number of ether oxygens (including phenoxy) is 1. The molecule has 2 unspecified atom stereocenters. The molecule has 2 atom stereocenters. The quantitative estimate of drug-likeness (QED) is 0.667. The molecule has 90 valence electrons. The third-order valence-corrected chi connectivity index (χ3v) is 2.56. The first-order valence-corrected chi connectivity index (χ1v) is 6.02. The summed E-state index contributed by atoms with van der Waals surface area (Å²) in [6, 6.07) is 7.15. The Kier molecular flexibility index (Phi) is 5.66. The van der Waals surface area contributed by atoms with Crippen molar-refractivity contribution in [3.63, 3.8) is 0 Å². The fourth-order valence-electron chi connectivity index (χ4n) is 1.47. The molecular weight excluding hydrogens is 224 g/mol. The lowest BCUT2D eigenvalue weighted by atomic mass is 10.0. The molecule has 0 radical (unpaired) electrons. The maximum Gasteiger partial charge on any atom is 0.119 e. The lowest BCUT2D eigenvalue weighted by Gasteiger charge is -2.17. The highest BCUT2D eigenvalue weighted by molar-refractivity contribution is 7.80. The highest BCUT2D eigenvalue weighted by Crippen LogP contribution is 2.23. The van der Waals surface area contributed by atoms with Crippen LogP contribution in [0.5, 0.6) is 5.75 Å². The zero-order valence-corrected chi connectivity index (χ0v) is 10.2. The Balaban J connectivity index is 2.74. The first-order valence-electron chi connectivity index (χ1n) is 5.38. The van der Waals surface area contributed by atoms with Gasteiger partial charge in [-0.2, -0.15) is 12.6 Å². The smallest absolute Gasteiger partial charge is 0.119 e. The molecule has 0 saturated carbocycles. The lowest BCUT2D eigenvalue weighted by molar-refractivity contribution is 0.0171. The number of aliphatic hydroxyl groups is 2. The van der Waals surface area contributed by atoms with E-state index in [1.807, 2.05) is 13.0 Å². The molecule has 0 aliphatic carbocycles. The summed E-state index contributed by atoms with van der Waals surface area (Å²) in [5.74, 6) is 1.25. The van der Waals surface area contributed by atoms with Crippen LogP contribution < -0.4 is 4.74 Å². The number of hydrogen-bond donors (Lipinski definition) is 3. The summed E-state index contributed by atoms with van der Waals surface area (Å²) in [5, 5.41) is 19.5. The molecule has 2 N–H and O–H groups in total. The van der Waals surface area contributed by atoms with Crippen LogP contribution in [-0.2, 0) is 0 Å². The maximum absolute atomic E-state index is 9.87. The van der Waals surface area contributed by atoms with Crippen LogP contribution in [0, 0.1) is 0 Å². The van der Waals surface area contributed by atoms with E-state index in [1.165, 1.54) is 0 Å². The van der Waals surface area contributed by atoms with Gasteiger partial charge in [-0.3, -0.25) is 0 Å². The third kappa shape index (κ3) is 3.70. The Morgan fingerprint density at radius 1 is 1.38 bits per heavy atom. The molecule has 0 aliphatic heterocycles. The van der Waals surface area contributed by atoms with E-state index in [-0.39, 0.29) is 0 Å². The molecule has 0 bridgehead atoms. The van der Waals surface area contributed by atoms with Crippen LogP contribution in [0.2, 0.25) is 0 Å². The van der Waals surface area contributed by atoms with Gasteiger partial charge in [0.25, 0.3) is 0 Å². The molecule has 0 fully saturated rings. The minimum Gasteiger partial charge on any atom is -0.494 e. The van der Waals surface area contributed by atoms with Gasteiger partial charge in [0.05, 0.1) is 12.7 Å². The molecule has 1 aromatic carbocycles. The molecule has 0 aliphatic rings. The average molecular weight is 242 g/mol. The summed E-state index contributed by atoms with van der Waals surface area (Å²) < 4.78 is 5.33. The van der Waals surface area contributed by atoms with Crippen molar-refractivity contribution < 1.29 is 14.9 Å². The summed E-state index contributed by atoms with van der Waals surface area (Å²) in [4.78, 5) is 0. The van der Waals surface area contributed by atoms with Gasteiger partial charge < -0.3 is 14.9 Å². The minimum absolute atomic E-state index is 0.461. The average Bonchev–Trinajstić information content (AvgIpc) is 2.29. The Morgan fingerprint density at radius 2 is 2.12 bits per heavy atom. The van der Waals surface area contributed by atoms with Crippen LogP contribution in [0.3, 0.4) is 0 Å². The Bertz CT molecular complexity index is 317. The second-order valence-corrected chi connectivity index (χ2v) is 3.98. The van der Waals surface area contributed by atoms with Crippen LogP contribution >= 0.6 is 12.6 Å². The number of thiol groups is 1. The highest BCUT2D eigenvalue weighted by atomic mass is 32.1. The number of aliphatic hydroxyl groups excluding tert-OH is 2. The van der Waals surface area contributed by atoms with Gasteiger partial charge in [-0.25, -0.2) is 0 Å². The van der Waals surface area contributed by atoms with Crippen LogP contribution in [0.1, 0.15) is 25.0 Å². The topological polar surface area (TPSA) is 49.7 Å². The predicted molar refractivity (Wildman–Crippen MR) is 67.0 cm³/mol. The molecule has 0 saturated heterocycles. The molecule has 3 nitrogen and oxygen atoms in total. The third-order valence-electron chi connectivity index (χ3n) is 2.30. The first kappa shape index (κ1) is 13.4. The van der Waals surface area contributed by atoms with Gasteiger partial charge in [0, 0.05) is 0 Å². The van der Waals surface area contributed by atoms with Crippen molar-refractivity contribution in [3.05, 3.63) is 29.8 Å². The number of benzene rings is 1. The fraction of sp³-hybridized carbons (Fsp3) is 0.500. The summed E-state index contributed by atoms with van der Waals surface area (Å²) in [6.45, 7) is 2.48. The largest absolute Gasteiger partial charge is 0.494 e. The molecule has 4 heteroatoms. The van der Waals surface area contributed by atoms with Crippen molar-refractivity contribution in [1.29, 1.82) is 0 Å². The summed E-state index contributed by atoms with van der Waals surface area (Å²) >= 11 is 4.02. The van der Waals surface area contributed by atoms with E-state index in [2.05, 4.69) is 12.6 Å². The highest BCUT2D eigenvalue weighted by Gasteiger charge is 2.17. The zero-order chi connectivity index (χ0) is 12.0. The minimum atomic E-state index is -0.882. The van der Waals surface area contributed by atoms with Crippen molar-refractivity contribution in [3.8, 4) is 5.75 Å². The monoisotopic (exact) mass is 242 g/mol. The van der Waals surface area contributed by atoms with Crippen LogP contribution in [0.15, 0.2) is 24.3 Å². The molecule has 0 spiro atoms. The molecule has 16 heavy (non-hydrogen) atoms. The van der Waals surface area contributed by atoms with Crippen molar-refractivity contribution in [1.82, 2.24) is 0 Å². The molecule has 1 aromatic rings. The van der Waals surface area contributed by atoms with E-state index >= 15 is 0 Å². The van der Waals surface area contributed by atoms with Gasteiger partial charge in [0.2, 0.25) is 0 Å². The zero-order valence-electron chi connectivity index (χ0n) is 9.34. The SMILES string of the molecule is CCOc1cccc(C(O)C(O)CCS)c1. The van der Waals surface area contributed by atoms with E-state index in [4.69, 9.17) is 4.74 Å². The van der Waals surface area contributed by atoms with Crippen molar-refractivity contribution in [2.75, 3.05) is 12.4 Å². The number of rotatable bonds is 6. The lowest BCUT2D eigenvalue weighted by Crippen LogP contribution is -2.18. The first-order chi connectivity index (χ1) is 7.69. The van der Waals surface area contributed by atoms with Gasteiger partial charge in [-0.1, -0.05) is 12.1 Å². The summed E-state index contributed by atoms with van der Waals surface area (Å²) in [7, 11) is 0. The molecule has 0 amide bonds. The number of hydrogen-bond acceptors (Lipinski definition) is 4. The van der Waals surface area contributed by atoms with Gasteiger partial charge in [-0.15, -0.1) is 0 Å². The van der Waals surface area contributed by atoms with E-state index in [0.29, 0.717) is 30.1 Å². The Morgan fingerprint density at radius 3 is 2.75 bits per heavy atom. The second kappa shape index (κ2) is 6.78. The van der Waals surface area contributed by atoms with E-state index in [9.17, 15) is 10.2 Å². The van der Waals surface area contributed by atoms with Gasteiger partial charge in [0.15, 0.2) is 0 Å².